The van der Waals surface area contributed by atoms with Crippen molar-refractivity contribution in [2.45, 2.75) is 0 Å². The smallest absolute Gasteiger partial charge is 0.345 e. The highest BCUT2D eigenvalue weighted by atomic mass is 16.6. The number of para-hydroxylation sites is 1. The summed E-state index contributed by atoms with van der Waals surface area (Å²) in [6.07, 6.45) is 0. The van der Waals surface area contributed by atoms with E-state index in [-0.39, 0.29) is 16.8 Å². The van der Waals surface area contributed by atoms with Crippen LogP contribution in [-0.2, 0) is 4.74 Å². The van der Waals surface area contributed by atoms with E-state index in [0.29, 0.717) is 0 Å². The lowest BCUT2D eigenvalue weighted by Crippen LogP contribution is -2.15. The standard InChI is InChI=1S/C15H10N2O7/c18-14(10-5-7-11(8-6-10)16(20)21)9-24-15(19)12-3-1-2-4-13(12)17(22)23/h1-8H,9H2. The number of non-ortho nitro benzene ring substituents is 1. The number of hydrogen-bond donors (Lipinski definition) is 0. The first-order valence-electron chi connectivity index (χ1n) is 6.58. The van der Waals surface area contributed by atoms with Gasteiger partial charge in [-0.25, -0.2) is 4.79 Å². The zero-order valence-corrected chi connectivity index (χ0v) is 12.1. The van der Waals surface area contributed by atoms with Crippen LogP contribution in [0.4, 0.5) is 11.4 Å². The first-order chi connectivity index (χ1) is 11.4. The highest BCUT2D eigenvalue weighted by Gasteiger charge is 2.21. The number of nitro groups is 2. The highest BCUT2D eigenvalue weighted by molar-refractivity contribution is 6.00. The zero-order chi connectivity index (χ0) is 17.7. The van der Waals surface area contributed by atoms with Crippen molar-refractivity contribution in [1.29, 1.82) is 0 Å². The molecule has 0 heterocycles. The van der Waals surface area contributed by atoms with Gasteiger partial charge in [-0.2, -0.15) is 0 Å². The van der Waals surface area contributed by atoms with Crippen molar-refractivity contribution in [3.05, 3.63) is 79.9 Å². The van der Waals surface area contributed by atoms with Crippen molar-refractivity contribution in [1.82, 2.24) is 0 Å². The number of hydrogen-bond acceptors (Lipinski definition) is 7. The average Bonchev–Trinajstić information content (AvgIpc) is 2.59. The number of Topliss-reactive ketones (excluding diaryl/α,β-unsaturated/α-hetero) is 1. The lowest BCUT2D eigenvalue weighted by atomic mass is 10.1. The molecule has 0 aromatic heterocycles. The first-order valence-corrected chi connectivity index (χ1v) is 6.58. The predicted octanol–water partition coefficient (Wildman–Crippen LogP) is 2.54. The van der Waals surface area contributed by atoms with Gasteiger partial charge in [0.05, 0.1) is 9.85 Å². The van der Waals surface area contributed by atoms with E-state index >= 15 is 0 Å². The Morgan fingerprint density at radius 1 is 0.917 bits per heavy atom. The Morgan fingerprint density at radius 3 is 2.12 bits per heavy atom. The van der Waals surface area contributed by atoms with Crippen molar-refractivity contribution in [3.63, 3.8) is 0 Å². The van der Waals surface area contributed by atoms with Crippen LogP contribution in [0, 0.1) is 20.2 Å². The Hall–Kier alpha value is -3.62. The van der Waals surface area contributed by atoms with E-state index < -0.39 is 33.9 Å². The number of ketones is 1. The van der Waals surface area contributed by atoms with Crippen LogP contribution in [0.5, 0.6) is 0 Å². The molecule has 9 heteroatoms. The molecule has 2 aromatic carbocycles. The third-order valence-electron chi connectivity index (χ3n) is 3.06. The average molecular weight is 330 g/mol. The summed E-state index contributed by atoms with van der Waals surface area (Å²) >= 11 is 0. The lowest BCUT2D eigenvalue weighted by Gasteiger charge is -2.05. The van der Waals surface area contributed by atoms with Gasteiger partial charge in [0, 0.05) is 23.8 Å². The maximum Gasteiger partial charge on any atom is 0.345 e. The molecule has 9 nitrogen and oxygen atoms in total. The molecular weight excluding hydrogens is 320 g/mol. The fraction of sp³-hybridized carbons (Fsp3) is 0.0667. The van der Waals surface area contributed by atoms with Crippen LogP contribution in [0.2, 0.25) is 0 Å². The number of esters is 1. The topological polar surface area (TPSA) is 130 Å². The van der Waals surface area contributed by atoms with Crippen LogP contribution in [0.3, 0.4) is 0 Å². The van der Waals surface area contributed by atoms with Crippen molar-refractivity contribution < 1.29 is 24.2 Å². The van der Waals surface area contributed by atoms with E-state index in [1.54, 1.807) is 0 Å². The van der Waals surface area contributed by atoms with Crippen LogP contribution in [0.15, 0.2) is 48.5 Å². The van der Waals surface area contributed by atoms with Gasteiger partial charge in [-0.3, -0.25) is 25.0 Å². The van der Waals surface area contributed by atoms with Crippen LogP contribution in [-0.4, -0.2) is 28.2 Å². The molecule has 0 unspecified atom stereocenters. The molecule has 0 N–H and O–H groups in total. The van der Waals surface area contributed by atoms with Crippen LogP contribution < -0.4 is 0 Å². The molecule has 0 saturated heterocycles. The van der Waals surface area contributed by atoms with Crippen LogP contribution >= 0.6 is 0 Å². The van der Waals surface area contributed by atoms with Crippen LogP contribution in [0.1, 0.15) is 20.7 Å². The van der Waals surface area contributed by atoms with Gasteiger partial charge in [0.1, 0.15) is 5.56 Å². The lowest BCUT2D eigenvalue weighted by molar-refractivity contribution is -0.385. The van der Waals surface area contributed by atoms with E-state index in [9.17, 15) is 29.8 Å². The first kappa shape index (κ1) is 16.7. The molecule has 0 atom stereocenters. The summed E-state index contributed by atoms with van der Waals surface area (Å²) in [5, 5.41) is 21.4. The van der Waals surface area contributed by atoms with Gasteiger partial charge in [0.15, 0.2) is 12.4 Å². The summed E-state index contributed by atoms with van der Waals surface area (Å²) in [5.41, 5.74) is -0.747. The number of carbonyl (C=O) groups excluding carboxylic acids is 2. The third kappa shape index (κ3) is 3.77. The molecule has 0 spiro atoms. The van der Waals surface area contributed by atoms with Gasteiger partial charge in [-0.1, -0.05) is 12.1 Å². The van der Waals surface area contributed by atoms with Gasteiger partial charge in [0.2, 0.25) is 0 Å². The van der Waals surface area contributed by atoms with E-state index in [4.69, 9.17) is 4.74 Å². The maximum atomic E-state index is 11.9. The highest BCUT2D eigenvalue weighted by Crippen LogP contribution is 2.19. The summed E-state index contributed by atoms with van der Waals surface area (Å²) in [5.74, 6) is -1.59. The molecule has 0 amide bonds. The minimum atomic E-state index is -1.00. The van der Waals surface area contributed by atoms with E-state index in [2.05, 4.69) is 0 Å². The van der Waals surface area contributed by atoms with Crippen LogP contribution in [0.25, 0.3) is 0 Å². The minimum Gasteiger partial charge on any atom is -0.454 e. The molecule has 2 aromatic rings. The van der Waals surface area contributed by atoms with Crippen molar-refractivity contribution in [2.75, 3.05) is 6.61 Å². The molecule has 24 heavy (non-hydrogen) atoms. The Kier molecular flexibility index (Phi) is 4.95. The Balaban J connectivity index is 2.05. The number of carbonyl (C=O) groups is 2. The second-order valence-corrected chi connectivity index (χ2v) is 4.58. The summed E-state index contributed by atoms with van der Waals surface area (Å²) in [4.78, 5) is 43.8. The number of nitrogens with zero attached hydrogens (tertiary/aromatic N) is 2. The van der Waals surface area contributed by atoms with Gasteiger partial charge >= 0.3 is 5.97 Å². The molecule has 0 aliphatic heterocycles. The Morgan fingerprint density at radius 2 is 1.54 bits per heavy atom. The van der Waals surface area contributed by atoms with Gasteiger partial charge < -0.3 is 4.74 Å². The van der Waals surface area contributed by atoms with E-state index in [0.717, 1.165) is 18.2 Å². The second-order valence-electron chi connectivity index (χ2n) is 4.58. The fourth-order valence-corrected chi connectivity index (χ4v) is 1.87. The predicted molar refractivity (Wildman–Crippen MR) is 80.8 cm³/mol. The Labute approximate surface area is 134 Å². The molecule has 122 valence electrons. The SMILES string of the molecule is O=C(COC(=O)c1ccccc1[N+](=O)[O-])c1ccc([N+](=O)[O-])cc1. The Bertz CT molecular complexity index is 815. The molecule has 2 rings (SSSR count). The third-order valence-corrected chi connectivity index (χ3v) is 3.06. The number of ether oxygens (including phenoxy) is 1. The number of rotatable bonds is 6. The number of nitro benzene ring substituents is 2. The molecule has 0 bridgehead atoms. The molecule has 0 aliphatic rings. The summed E-state index contributed by atoms with van der Waals surface area (Å²) in [6, 6.07) is 9.97. The molecule has 0 radical (unpaired) electrons. The zero-order valence-electron chi connectivity index (χ0n) is 12.1. The molecule has 0 aliphatic carbocycles. The quantitative estimate of drug-likeness (QED) is 0.344. The summed E-state index contributed by atoms with van der Waals surface area (Å²) in [7, 11) is 0. The summed E-state index contributed by atoms with van der Waals surface area (Å²) in [6.45, 7) is -0.636. The van der Waals surface area contributed by atoms with E-state index in [1.165, 1.54) is 30.3 Å². The molecule has 0 fully saturated rings. The largest absolute Gasteiger partial charge is 0.454 e. The van der Waals surface area contributed by atoms with Gasteiger partial charge in [-0.05, 0) is 18.2 Å². The second kappa shape index (κ2) is 7.09. The van der Waals surface area contributed by atoms with Crippen molar-refractivity contribution >= 4 is 23.1 Å². The molecule has 0 saturated carbocycles. The van der Waals surface area contributed by atoms with Gasteiger partial charge in [-0.15, -0.1) is 0 Å². The summed E-state index contributed by atoms with van der Waals surface area (Å²) < 4.78 is 4.79. The number of benzene rings is 2. The van der Waals surface area contributed by atoms with Crippen molar-refractivity contribution in [3.8, 4) is 0 Å². The maximum absolute atomic E-state index is 11.9. The monoisotopic (exact) mass is 330 g/mol. The van der Waals surface area contributed by atoms with E-state index in [1.807, 2.05) is 0 Å². The fourth-order valence-electron chi connectivity index (χ4n) is 1.87. The normalized spacial score (nSPS) is 10.0. The van der Waals surface area contributed by atoms with Gasteiger partial charge in [0.25, 0.3) is 11.4 Å². The minimum absolute atomic E-state index is 0.121. The van der Waals surface area contributed by atoms with Crippen molar-refractivity contribution in [2.24, 2.45) is 0 Å². The molecular formula is C15H10N2O7.